The summed E-state index contributed by atoms with van der Waals surface area (Å²) in [6.45, 7) is 3.92. The van der Waals surface area contributed by atoms with Crippen LogP contribution in [0.15, 0.2) is 0 Å². The Hall–Kier alpha value is 0.620. The van der Waals surface area contributed by atoms with Gasteiger partial charge in [0.2, 0.25) is 0 Å². The van der Waals surface area contributed by atoms with Gasteiger partial charge >= 0.3 is 0 Å². The van der Waals surface area contributed by atoms with Crippen LogP contribution in [0.25, 0.3) is 0 Å². The number of aliphatic hydroxyl groups is 1. The topological polar surface area (TPSA) is 29.5 Å². The molecule has 0 bridgehead atoms. The minimum absolute atomic E-state index is 0.119. The summed E-state index contributed by atoms with van der Waals surface area (Å²) in [7, 11) is 0. The van der Waals surface area contributed by atoms with Crippen LogP contribution in [-0.2, 0) is 4.74 Å². The Bertz CT molecular complexity index is 207. The van der Waals surface area contributed by atoms with Crippen LogP contribution in [0.2, 0.25) is 0 Å². The number of hydrogen-bond acceptors (Lipinski definition) is 4. The summed E-state index contributed by atoms with van der Waals surface area (Å²) in [5.41, 5.74) is 0. The van der Waals surface area contributed by atoms with E-state index in [2.05, 4.69) is 18.7 Å². The highest BCUT2D eigenvalue weighted by Gasteiger charge is 2.35. The highest BCUT2D eigenvalue weighted by atomic mass is 32.2. The van der Waals surface area contributed by atoms with E-state index >= 15 is 0 Å². The molecule has 16 heavy (non-hydrogen) atoms. The SMILES string of the molecule is CCC1SCCSC1C(O)C1CCOCC1. The second-order valence-corrected chi connectivity index (χ2v) is 7.23. The molecule has 0 saturated carbocycles. The van der Waals surface area contributed by atoms with Crippen molar-refractivity contribution in [3.63, 3.8) is 0 Å². The van der Waals surface area contributed by atoms with E-state index in [4.69, 9.17) is 4.74 Å². The van der Waals surface area contributed by atoms with E-state index in [0.29, 0.717) is 16.4 Å². The third kappa shape index (κ3) is 3.09. The summed E-state index contributed by atoms with van der Waals surface area (Å²) in [5.74, 6) is 2.92. The van der Waals surface area contributed by atoms with Crippen molar-refractivity contribution >= 4 is 23.5 Å². The van der Waals surface area contributed by atoms with Gasteiger partial charge in [-0.1, -0.05) is 6.92 Å². The fraction of sp³-hybridized carbons (Fsp3) is 1.00. The van der Waals surface area contributed by atoms with Gasteiger partial charge in [-0.25, -0.2) is 0 Å². The van der Waals surface area contributed by atoms with Crippen LogP contribution in [0.4, 0.5) is 0 Å². The average molecular weight is 262 g/mol. The lowest BCUT2D eigenvalue weighted by atomic mass is 9.90. The van der Waals surface area contributed by atoms with Crippen LogP contribution in [0.1, 0.15) is 26.2 Å². The molecule has 2 fully saturated rings. The third-order valence-corrected chi connectivity index (χ3v) is 6.94. The molecule has 4 heteroatoms. The van der Waals surface area contributed by atoms with Gasteiger partial charge in [-0.15, -0.1) is 0 Å². The largest absolute Gasteiger partial charge is 0.392 e. The molecule has 0 aromatic rings. The van der Waals surface area contributed by atoms with Crippen molar-refractivity contribution in [2.75, 3.05) is 24.7 Å². The van der Waals surface area contributed by atoms with E-state index in [-0.39, 0.29) is 6.10 Å². The van der Waals surface area contributed by atoms with Crippen LogP contribution in [-0.4, -0.2) is 46.4 Å². The first kappa shape index (κ1) is 13.1. The summed E-state index contributed by atoms with van der Waals surface area (Å²) in [6, 6.07) is 0. The molecule has 0 aromatic carbocycles. The standard InChI is InChI=1S/C12H22O2S2/c1-2-10-12(16-8-7-15-10)11(13)9-3-5-14-6-4-9/h9-13H,2-8H2,1H3. The lowest BCUT2D eigenvalue weighted by Gasteiger charge is -2.38. The fourth-order valence-electron chi connectivity index (χ4n) is 2.58. The first-order valence-electron chi connectivity index (χ1n) is 6.32. The molecule has 0 amide bonds. The van der Waals surface area contributed by atoms with Crippen molar-refractivity contribution in [1.29, 1.82) is 0 Å². The van der Waals surface area contributed by atoms with E-state index in [1.54, 1.807) is 0 Å². The monoisotopic (exact) mass is 262 g/mol. The first-order valence-corrected chi connectivity index (χ1v) is 8.41. The second-order valence-electron chi connectivity index (χ2n) is 4.59. The van der Waals surface area contributed by atoms with Gasteiger partial charge in [0.15, 0.2) is 0 Å². The van der Waals surface area contributed by atoms with Gasteiger partial charge in [0.05, 0.1) is 6.10 Å². The minimum atomic E-state index is -0.119. The molecule has 0 aliphatic carbocycles. The molecular formula is C12H22O2S2. The Morgan fingerprint density at radius 2 is 1.94 bits per heavy atom. The van der Waals surface area contributed by atoms with Crippen molar-refractivity contribution < 1.29 is 9.84 Å². The van der Waals surface area contributed by atoms with Crippen molar-refractivity contribution in [2.45, 2.75) is 42.8 Å². The minimum Gasteiger partial charge on any atom is -0.392 e. The van der Waals surface area contributed by atoms with Gasteiger partial charge in [-0.05, 0) is 25.2 Å². The predicted octanol–water partition coefficient (Wildman–Crippen LogP) is 2.40. The number of ether oxygens (including phenoxy) is 1. The summed E-state index contributed by atoms with van der Waals surface area (Å²) in [6.07, 6.45) is 3.15. The maximum absolute atomic E-state index is 10.5. The van der Waals surface area contributed by atoms with E-state index in [9.17, 15) is 5.11 Å². The van der Waals surface area contributed by atoms with Crippen molar-refractivity contribution in [1.82, 2.24) is 0 Å². The molecule has 2 aliphatic heterocycles. The molecule has 0 radical (unpaired) electrons. The van der Waals surface area contributed by atoms with Gasteiger partial charge < -0.3 is 9.84 Å². The molecule has 2 aliphatic rings. The van der Waals surface area contributed by atoms with E-state index in [1.165, 1.54) is 17.9 Å². The van der Waals surface area contributed by atoms with Crippen LogP contribution < -0.4 is 0 Å². The molecule has 94 valence electrons. The molecule has 2 saturated heterocycles. The Balaban J connectivity index is 1.92. The number of rotatable bonds is 3. The predicted molar refractivity (Wildman–Crippen MR) is 72.3 cm³/mol. The molecule has 3 unspecified atom stereocenters. The fourth-order valence-corrected chi connectivity index (χ4v) is 5.81. The summed E-state index contributed by atoms with van der Waals surface area (Å²) < 4.78 is 5.37. The molecular weight excluding hydrogens is 240 g/mol. The lowest BCUT2D eigenvalue weighted by molar-refractivity contribution is 0.00719. The average Bonchev–Trinajstić information content (AvgIpc) is 2.39. The van der Waals surface area contributed by atoms with Gasteiger partial charge in [0.1, 0.15) is 0 Å². The second kappa shape index (κ2) is 6.53. The molecule has 2 rings (SSSR count). The quantitative estimate of drug-likeness (QED) is 0.846. The zero-order valence-electron chi connectivity index (χ0n) is 9.93. The zero-order chi connectivity index (χ0) is 11.4. The molecule has 0 spiro atoms. The highest BCUT2D eigenvalue weighted by molar-refractivity contribution is 8.07. The zero-order valence-corrected chi connectivity index (χ0v) is 11.6. The summed E-state index contributed by atoms with van der Waals surface area (Å²) in [4.78, 5) is 0. The highest BCUT2D eigenvalue weighted by Crippen LogP contribution is 2.38. The van der Waals surface area contributed by atoms with Crippen molar-refractivity contribution in [2.24, 2.45) is 5.92 Å². The summed E-state index contributed by atoms with van der Waals surface area (Å²) >= 11 is 4.04. The summed E-state index contributed by atoms with van der Waals surface area (Å²) in [5, 5.41) is 11.6. The third-order valence-electron chi connectivity index (χ3n) is 3.58. The number of thioether (sulfide) groups is 2. The van der Waals surface area contributed by atoms with Crippen LogP contribution in [0.5, 0.6) is 0 Å². The Morgan fingerprint density at radius 1 is 1.25 bits per heavy atom. The molecule has 1 N–H and O–H groups in total. The normalized spacial score (nSPS) is 34.9. The Labute approximate surface area is 107 Å². The van der Waals surface area contributed by atoms with Gasteiger partial charge in [0, 0.05) is 35.2 Å². The van der Waals surface area contributed by atoms with Crippen molar-refractivity contribution in [3.05, 3.63) is 0 Å². The maximum atomic E-state index is 10.5. The molecule has 2 heterocycles. The van der Waals surface area contributed by atoms with Crippen LogP contribution in [0, 0.1) is 5.92 Å². The van der Waals surface area contributed by atoms with Gasteiger partial charge in [-0.2, -0.15) is 23.5 Å². The van der Waals surface area contributed by atoms with Crippen LogP contribution >= 0.6 is 23.5 Å². The Kier molecular flexibility index (Phi) is 5.33. The van der Waals surface area contributed by atoms with Gasteiger partial charge in [-0.3, -0.25) is 0 Å². The van der Waals surface area contributed by atoms with E-state index < -0.39 is 0 Å². The molecule has 2 nitrogen and oxygen atoms in total. The first-order chi connectivity index (χ1) is 7.83. The Morgan fingerprint density at radius 3 is 2.62 bits per heavy atom. The number of aliphatic hydroxyl groups excluding tert-OH is 1. The lowest BCUT2D eigenvalue weighted by Crippen LogP contribution is -2.42. The maximum Gasteiger partial charge on any atom is 0.0699 e. The van der Waals surface area contributed by atoms with E-state index in [1.807, 2.05) is 11.8 Å². The van der Waals surface area contributed by atoms with Crippen LogP contribution in [0.3, 0.4) is 0 Å². The molecule has 3 atom stereocenters. The van der Waals surface area contributed by atoms with Gasteiger partial charge in [0.25, 0.3) is 0 Å². The molecule has 0 aromatic heterocycles. The van der Waals surface area contributed by atoms with Crippen molar-refractivity contribution in [3.8, 4) is 0 Å². The van der Waals surface area contributed by atoms with E-state index in [0.717, 1.165) is 26.1 Å². The smallest absolute Gasteiger partial charge is 0.0699 e. The number of hydrogen-bond donors (Lipinski definition) is 1.